The number of nitrogens with zero attached hydrogens (tertiary/aromatic N) is 3. The van der Waals surface area contributed by atoms with Gasteiger partial charge >= 0.3 is 0 Å². The number of amides is 1. The van der Waals surface area contributed by atoms with Crippen molar-refractivity contribution >= 4 is 11.6 Å². The van der Waals surface area contributed by atoms with Crippen LogP contribution in [0.3, 0.4) is 0 Å². The van der Waals surface area contributed by atoms with Gasteiger partial charge in [0, 0.05) is 19.3 Å². The number of pyridine rings is 1. The maximum atomic E-state index is 12.9. The molecule has 1 amide bonds. The van der Waals surface area contributed by atoms with E-state index in [2.05, 4.69) is 4.98 Å². The van der Waals surface area contributed by atoms with Crippen molar-refractivity contribution < 1.29 is 14.0 Å². The highest BCUT2D eigenvalue weighted by Crippen LogP contribution is 2.10. The highest BCUT2D eigenvalue weighted by molar-refractivity contribution is 5.92. The van der Waals surface area contributed by atoms with Crippen LogP contribution in [-0.2, 0) is 4.84 Å². The molecule has 0 aliphatic heterocycles. The highest BCUT2D eigenvalue weighted by Gasteiger charge is 2.16. The molecular formula is C10H10FN3O2. The van der Waals surface area contributed by atoms with Crippen molar-refractivity contribution in [3.05, 3.63) is 36.0 Å². The van der Waals surface area contributed by atoms with Gasteiger partial charge in [0.05, 0.1) is 13.3 Å². The van der Waals surface area contributed by atoms with Crippen LogP contribution in [0, 0.1) is 5.82 Å². The summed E-state index contributed by atoms with van der Waals surface area (Å²) in [5.41, 5.74) is 0.701. The molecule has 84 valence electrons. The van der Waals surface area contributed by atoms with E-state index in [4.69, 9.17) is 4.84 Å². The van der Waals surface area contributed by atoms with Crippen molar-refractivity contribution in [1.82, 2.24) is 14.4 Å². The second-order valence-corrected chi connectivity index (χ2v) is 3.20. The first-order valence-electron chi connectivity index (χ1n) is 4.58. The van der Waals surface area contributed by atoms with E-state index in [1.165, 1.54) is 43.1 Å². The van der Waals surface area contributed by atoms with Crippen molar-refractivity contribution in [1.29, 1.82) is 0 Å². The fourth-order valence-corrected chi connectivity index (χ4v) is 1.36. The van der Waals surface area contributed by atoms with Gasteiger partial charge in [-0.05, 0) is 6.07 Å². The van der Waals surface area contributed by atoms with Crippen LogP contribution < -0.4 is 0 Å². The van der Waals surface area contributed by atoms with E-state index in [1.807, 2.05) is 0 Å². The van der Waals surface area contributed by atoms with Crippen LogP contribution in [-0.4, -0.2) is 34.5 Å². The first kappa shape index (κ1) is 10.6. The summed E-state index contributed by atoms with van der Waals surface area (Å²) in [5, 5.41) is 1.08. The number of halogens is 1. The molecule has 0 spiro atoms. The molecule has 5 nitrogen and oxygen atoms in total. The number of imidazole rings is 1. The Hall–Kier alpha value is -1.95. The lowest BCUT2D eigenvalue weighted by Gasteiger charge is -2.12. The van der Waals surface area contributed by atoms with E-state index in [1.54, 1.807) is 0 Å². The largest absolute Gasteiger partial charge is 0.295 e. The van der Waals surface area contributed by atoms with Gasteiger partial charge in [0.1, 0.15) is 17.2 Å². The molecule has 0 atom stereocenters. The fraction of sp³-hybridized carbons (Fsp3) is 0.200. The third-order valence-electron chi connectivity index (χ3n) is 2.25. The molecule has 2 rings (SSSR count). The van der Waals surface area contributed by atoms with E-state index in [-0.39, 0.29) is 5.91 Å². The molecule has 16 heavy (non-hydrogen) atoms. The molecule has 0 N–H and O–H groups in total. The van der Waals surface area contributed by atoms with Crippen LogP contribution in [0.2, 0.25) is 0 Å². The number of hydrogen-bond acceptors (Lipinski definition) is 3. The lowest BCUT2D eigenvalue weighted by molar-refractivity contribution is -0.0761. The highest BCUT2D eigenvalue weighted by atomic mass is 19.1. The van der Waals surface area contributed by atoms with Crippen LogP contribution in [0.1, 0.15) is 10.5 Å². The zero-order chi connectivity index (χ0) is 11.7. The molecule has 2 aromatic rings. The second kappa shape index (κ2) is 3.90. The normalized spacial score (nSPS) is 10.7. The molecule has 0 saturated carbocycles. The Morgan fingerprint density at radius 1 is 1.62 bits per heavy atom. The summed E-state index contributed by atoms with van der Waals surface area (Å²) < 4.78 is 14.4. The topological polar surface area (TPSA) is 46.8 Å². The maximum Gasteiger partial charge on any atom is 0.295 e. The van der Waals surface area contributed by atoms with Crippen LogP contribution in [0.15, 0.2) is 24.5 Å². The Morgan fingerprint density at radius 2 is 2.38 bits per heavy atom. The van der Waals surface area contributed by atoms with Crippen molar-refractivity contribution in [3.8, 4) is 0 Å². The van der Waals surface area contributed by atoms with Crippen LogP contribution in [0.5, 0.6) is 0 Å². The van der Waals surface area contributed by atoms with Gasteiger partial charge in [-0.15, -0.1) is 0 Å². The minimum atomic E-state index is -0.391. The zero-order valence-electron chi connectivity index (χ0n) is 8.85. The summed E-state index contributed by atoms with van der Waals surface area (Å²) in [5.74, 6) is -0.737. The molecule has 0 aliphatic carbocycles. The molecule has 0 fully saturated rings. The standard InChI is InChI=1S/C10H10FN3O2/c1-13(16-2)10(15)8-6-12-9-5-7(11)3-4-14(8)9/h3-6H,1-2H3. The van der Waals surface area contributed by atoms with E-state index in [9.17, 15) is 9.18 Å². The SMILES string of the molecule is CON(C)C(=O)c1cnc2cc(F)ccn12. The number of rotatable bonds is 2. The molecule has 2 heterocycles. The summed E-state index contributed by atoms with van der Waals surface area (Å²) >= 11 is 0. The summed E-state index contributed by atoms with van der Waals surface area (Å²) in [4.78, 5) is 20.5. The summed E-state index contributed by atoms with van der Waals surface area (Å²) in [6, 6.07) is 2.52. The number of carbonyl (C=O) groups excluding carboxylic acids is 1. The van der Waals surface area contributed by atoms with Crippen molar-refractivity contribution in [2.24, 2.45) is 0 Å². The Morgan fingerprint density at radius 3 is 3.06 bits per heavy atom. The van der Waals surface area contributed by atoms with Crippen LogP contribution in [0.4, 0.5) is 4.39 Å². The average Bonchev–Trinajstić information content (AvgIpc) is 2.69. The lowest BCUT2D eigenvalue weighted by Crippen LogP contribution is -2.26. The van der Waals surface area contributed by atoms with Gasteiger partial charge in [0.2, 0.25) is 0 Å². The Balaban J connectivity index is 2.50. The Labute approximate surface area is 91.0 Å². The summed E-state index contributed by atoms with van der Waals surface area (Å²) in [6.07, 6.45) is 2.83. The third-order valence-corrected chi connectivity index (χ3v) is 2.25. The van der Waals surface area contributed by atoms with E-state index in [0.717, 1.165) is 5.06 Å². The molecule has 0 aromatic carbocycles. The van der Waals surface area contributed by atoms with Gasteiger partial charge < -0.3 is 0 Å². The number of hydrogen-bond donors (Lipinski definition) is 0. The summed E-state index contributed by atoms with van der Waals surface area (Å²) in [7, 11) is 2.88. The average molecular weight is 223 g/mol. The van der Waals surface area contributed by atoms with E-state index < -0.39 is 5.82 Å². The minimum absolute atomic E-state index is 0.319. The predicted octanol–water partition coefficient (Wildman–Crippen LogP) is 1.11. The minimum Gasteiger partial charge on any atom is -0.295 e. The molecule has 0 unspecified atom stereocenters. The molecule has 6 heteroatoms. The molecule has 2 aromatic heterocycles. The van der Waals surface area contributed by atoms with Gasteiger partial charge in [0.25, 0.3) is 5.91 Å². The first-order valence-corrected chi connectivity index (χ1v) is 4.58. The molecular weight excluding hydrogens is 213 g/mol. The van der Waals surface area contributed by atoms with Crippen LogP contribution in [0.25, 0.3) is 5.65 Å². The van der Waals surface area contributed by atoms with Gasteiger partial charge in [0.15, 0.2) is 0 Å². The Kier molecular flexibility index (Phi) is 2.57. The maximum absolute atomic E-state index is 12.9. The van der Waals surface area contributed by atoms with E-state index >= 15 is 0 Å². The quantitative estimate of drug-likeness (QED) is 0.716. The Bertz CT molecular complexity index is 538. The van der Waals surface area contributed by atoms with E-state index in [0.29, 0.717) is 11.3 Å². The van der Waals surface area contributed by atoms with Gasteiger partial charge in [-0.3, -0.25) is 14.0 Å². The number of carbonyl (C=O) groups is 1. The van der Waals surface area contributed by atoms with Gasteiger partial charge in [-0.25, -0.2) is 14.4 Å². The zero-order valence-corrected chi connectivity index (χ0v) is 8.85. The van der Waals surface area contributed by atoms with Crippen LogP contribution >= 0.6 is 0 Å². The number of fused-ring (bicyclic) bond motifs is 1. The first-order chi connectivity index (χ1) is 7.63. The lowest BCUT2D eigenvalue weighted by atomic mass is 10.4. The molecule has 0 radical (unpaired) electrons. The van der Waals surface area contributed by atoms with Crippen molar-refractivity contribution in [3.63, 3.8) is 0 Å². The van der Waals surface area contributed by atoms with Gasteiger partial charge in [-0.2, -0.15) is 0 Å². The van der Waals surface area contributed by atoms with Gasteiger partial charge in [-0.1, -0.05) is 0 Å². The second-order valence-electron chi connectivity index (χ2n) is 3.20. The fourth-order valence-electron chi connectivity index (χ4n) is 1.36. The molecule has 0 bridgehead atoms. The van der Waals surface area contributed by atoms with Crippen molar-refractivity contribution in [2.45, 2.75) is 0 Å². The molecule has 0 saturated heterocycles. The number of aromatic nitrogens is 2. The monoisotopic (exact) mass is 223 g/mol. The third kappa shape index (κ3) is 1.63. The smallest absolute Gasteiger partial charge is 0.295 e. The predicted molar refractivity (Wildman–Crippen MR) is 54.3 cm³/mol. The molecule has 0 aliphatic rings. The number of hydroxylamine groups is 2. The van der Waals surface area contributed by atoms with Crippen molar-refractivity contribution in [2.75, 3.05) is 14.2 Å². The summed E-state index contributed by atoms with van der Waals surface area (Å²) in [6.45, 7) is 0.